The molecule has 10 aliphatic rings. The Balaban J connectivity index is 0.000000131. The van der Waals surface area contributed by atoms with Crippen molar-refractivity contribution < 1.29 is 42.9 Å². The molecule has 0 amide bonds. The number of Topliss-reactive ketones (excluding diaryl/α,β-unsaturated/α-hetero) is 4. The monoisotopic (exact) mass is 1720 g/mol. The fourth-order valence-electron chi connectivity index (χ4n) is 16.5. The van der Waals surface area contributed by atoms with Crippen LogP contribution in [0, 0.1) is 90.5 Å². The number of hydrogen-bond donors (Lipinski definition) is 2. The number of nitrogens with zero attached hydrogens (tertiary/aromatic N) is 6. The molecule has 2 N–H and O–H groups in total. The zero-order valence-electron chi connectivity index (χ0n) is 71.4. The van der Waals surface area contributed by atoms with Crippen LogP contribution in [0.1, 0.15) is 239 Å². The van der Waals surface area contributed by atoms with Gasteiger partial charge in [0, 0.05) is 60.3 Å². The normalized spacial score (nSPS) is 17.9. The Morgan fingerprint density at radius 2 is 0.900 bits per heavy atom. The highest BCUT2D eigenvalue weighted by molar-refractivity contribution is 14.1. The molecule has 8 aromatic rings. The van der Waals surface area contributed by atoms with Crippen LogP contribution in [0.15, 0.2) is 155 Å². The van der Waals surface area contributed by atoms with Gasteiger partial charge in [0.2, 0.25) is 23.1 Å². The molecule has 18 heteroatoms. The molecule has 0 spiro atoms. The van der Waals surface area contributed by atoms with Crippen LogP contribution in [0.5, 0.6) is 23.0 Å². The van der Waals surface area contributed by atoms with Crippen molar-refractivity contribution in [2.75, 3.05) is 65.6 Å². The van der Waals surface area contributed by atoms with Gasteiger partial charge in [-0.3, -0.25) is 53.8 Å². The standard InChI is InChI=1S/C28H28N2O2.C27H27N3O2.C20H24O2.C10H17N.C9H7IO2.C8H6N2O/c1-19-11-12-23-26(31)25(17-24-22-10-6-5-9-20(22)18-29-24)32-27(23)21(19)13-14-28(2,3)30-15-7-4-8-16-30;1-18-8-9-22-25(31)24(16-23-21-7-5-4-6-19(21)17-29-23)32-26(22)20(18)10-11-27(2,3)30-14-12-28-13-15-30;1-14-9-10-17-18(21)13-22-19(17)16(14)11-12-20(2,3)15-7-5-4-6-8-15;1-4-10(2,3)11-8-6-5-7-9-11;1-5-2-3-6-7(11)4-12-9(6)8(5)10;11-5-8-6-3-1-2-4-7(6)9-10-8/h5-6,9-12,17H,4,7-8,15-16,18H2,1-3H3;4-9,16,28H,12-15,17H2,1-3H3;9-10,15H,4-8,13H2,1-3H3;1H,5-9H2,2-3H3;2-3H,4H2,1H3;1-5H,(H,9,10)/b25-17-;24-16-;;;;. The molecule has 0 radical (unpaired) electrons. The van der Waals surface area contributed by atoms with E-state index in [4.69, 9.17) is 25.4 Å². The number of carbonyl (C=O) groups is 5. The van der Waals surface area contributed by atoms with Crippen LogP contribution in [0.3, 0.4) is 0 Å². The van der Waals surface area contributed by atoms with Crippen molar-refractivity contribution in [2.45, 2.75) is 183 Å². The number of benzene rings is 7. The van der Waals surface area contributed by atoms with E-state index in [0.29, 0.717) is 70.2 Å². The van der Waals surface area contributed by atoms with Gasteiger partial charge in [-0.2, -0.15) is 5.10 Å². The average molecular weight is 1720 g/mol. The van der Waals surface area contributed by atoms with Gasteiger partial charge in [0.05, 0.1) is 89.2 Å². The summed E-state index contributed by atoms with van der Waals surface area (Å²) in [5, 5.41) is 10.8. The number of allylic oxidation sites excluding steroid dienone is 4. The number of hydrogen-bond acceptors (Lipinski definition) is 16. The highest BCUT2D eigenvalue weighted by Gasteiger charge is 2.37. The number of ether oxygens (including phenoxy) is 4. The second-order valence-corrected chi connectivity index (χ2v) is 35.3. The Kier molecular flexibility index (Phi) is 27.8. The number of ketones is 4. The van der Waals surface area contributed by atoms with Gasteiger partial charge in [-0.05, 0) is 240 Å². The van der Waals surface area contributed by atoms with Gasteiger partial charge in [-0.15, -0.1) is 6.42 Å². The molecular weight excluding hydrogens is 1610 g/mol. The number of aryl methyl sites for hydroxylation is 4. The number of aliphatic imine (C=N–C) groups is 2. The van der Waals surface area contributed by atoms with Crippen LogP contribution < -0.4 is 24.3 Å². The molecule has 4 fully saturated rings. The van der Waals surface area contributed by atoms with Gasteiger partial charge < -0.3 is 24.3 Å². The summed E-state index contributed by atoms with van der Waals surface area (Å²) in [4.78, 5) is 76.1. The molecule has 120 heavy (non-hydrogen) atoms. The maximum atomic E-state index is 13.1. The molecule has 0 bridgehead atoms. The number of aldehydes is 1. The van der Waals surface area contributed by atoms with Crippen LogP contribution >= 0.6 is 22.6 Å². The molecule has 1 saturated carbocycles. The number of nitrogens with one attached hydrogen (secondary N) is 2. The lowest BCUT2D eigenvalue weighted by Crippen LogP contribution is -2.52. The average Bonchev–Trinajstić information content (AvgIpc) is 1.62. The van der Waals surface area contributed by atoms with Crippen LogP contribution in [0.4, 0.5) is 0 Å². The number of likely N-dealkylation sites (tertiary alicyclic amines) is 2. The van der Waals surface area contributed by atoms with E-state index < -0.39 is 0 Å². The van der Waals surface area contributed by atoms with E-state index in [2.05, 4.69) is 172 Å². The number of terminal acetylenes is 1. The SMILES string of the molecule is C#CC(C)(C)N1CCCCC1.Cc1ccc2c(c1C#CC(C)(C)C1CCCCC1)OCC2=O.Cc1ccc2c(c1C#CC(C)(C)N1CCCCC1)O/C(=C\C1=NCc3ccccc31)C2=O.Cc1ccc2c(c1C#CC(C)(C)N1CCNCC1)O/C(=C\C1=NCc3ccccc31)C2=O.Cc1ccc2c(c1I)OCC2=O.O=Cc1[nH]nc2ccccc12. The molecule has 9 aliphatic heterocycles. The number of para-hydroxylation sites is 1. The predicted octanol–water partition coefficient (Wildman–Crippen LogP) is 18.5. The van der Waals surface area contributed by atoms with Crippen molar-refractivity contribution in [1.29, 1.82) is 0 Å². The van der Waals surface area contributed by atoms with Crippen LogP contribution in [-0.4, -0.2) is 148 Å². The second-order valence-electron chi connectivity index (χ2n) is 34.2. The third-order valence-electron chi connectivity index (χ3n) is 24.3. The highest BCUT2D eigenvalue weighted by atomic mass is 127. The quantitative estimate of drug-likeness (QED) is 0.0661. The fraction of sp³-hybridized carbons (Fsp3) is 0.392. The Labute approximate surface area is 721 Å². The van der Waals surface area contributed by atoms with E-state index in [0.717, 1.165) is 133 Å². The summed E-state index contributed by atoms with van der Waals surface area (Å²) in [6.45, 7) is 35.5. The lowest BCUT2D eigenvalue weighted by atomic mass is 9.71. The number of rotatable bonds is 7. The predicted molar refractivity (Wildman–Crippen MR) is 485 cm³/mol. The smallest absolute Gasteiger partial charge is 0.232 e. The van der Waals surface area contributed by atoms with Gasteiger partial charge in [0.15, 0.2) is 42.5 Å². The summed E-state index contributed by atoms with van der Waals surface area (Å²) in [6, 6.07) is 38.9. The molecule has 618 valence electrons. The molecule has 0 unspecified atom stereocenters. The number of carbonyl (C=O) groups excluding carboxylic acids is 5. The van der Waals surface area contributed by atoms with Crippen molar-refractivity contribution in [2.24, 2.45) is 21.3 Å². The van der Waals surface area contributed by atoms with Crippen LogP contribution in [0.2, 0.25) is 0 Å². The minimum Gasteiger partial charge on any atom is -0.484 e. The first-order valence-electron chi connectivity index (χ1n) is 42.2. The van der Waals surface area contributed by atoms with Crippen LogP contribution in [-0.2, 0) is 13.1 Å². The number of H-pyrrole nitrogens is 1. The number of halogens is 1. The third-order valence-corrected chi connectivity index (χ3v) is 25.6. The van der Waals surface area contributed by atoms with Crippen molar-refractivity contribution >= 4 is 74.3 Å². The largest absolute Gasteiger partial charge is 0.484 e. The first-order chi connectivity index (χ1) is 57.6. The Morgan fingerprint density at radius 3 is 1.41 bits per heavy atom. The molecule has 17 nitrogen and oxygen atoms in total. The summed E-state index contributed by atoms with van der Waals surface area (Å²) in [5.41, 5.74) is 16.2. The number of piperidine rings is 2. The highest BCUT2D eigenvalue weighted by Crippen LogP contribution is 2.42. The van der Waals surface area contributed by atoms with E-state index in [1.807, 2.05) is 137 Å². The van der Waals surface area contributed by atoms with E-state index in [1.165, 1.54) is 94.8 Å². The number of piperazine rings is 1. The van der Waals surface area contributed by atoms with Gasteiger partial charge in [-0.1, -0.05) is 165 Å². The maximum absolute atomic E-state index is 13.1. The Bertz CT molecular complexity index is 5470. The summed E-state index contributed by atoms with van der Waals surface area (Å²) < 4.78 is 24.2. The first-order valence-corrected chi connectivity index (χ1v) is 43.3. The molecule has 1 aromatic heterocycles. The molecule has 10 heterocycles. The number of aromatic nitrogens is 2. The molecule has 7 aromatic carbocycles. The Morgan fingerprint density at radius 1 is 0.475 bits per heavy atom. The molecule has 18 rings (SSSR count). The van der Waals surface area contributed by atoms with Crippen molar-refractivity contribution in [1.82, 2.24) is 30.2 Å². The van der Waals surface area contributed by atoms with E-state index in [-0.39, 0.29) is 58.4 Å². The second kappa shape index (κ2) is 38.3. The molecule has 0 atom stereocenters. The van der Waals surface area contributed by atoms with Crippen molar-refractivity contribution in [3.8, 4) is 70.9 Å². The lowest BCUT2D eigenvalue weighted by molar-refractivity contribution is 0.0954. The minimum absolute atomic E-state index is 0.0121. The van der Waals surface area contributed by atoms with Crippen molar-refractivity contribution in [3.63, 3.8) is 0 Å². The Hall–Kier alpha value is -10.8. The number of aromatic amines is 1. The summed E-state index contributed by atoms with van der Waals surface area (Å²) in [7, 11) is 0. The van der Waals surface area contributed by atoms with Gasteiger partial charge in [-0.25, -0.2) is 0 Å². The topological polar surface area (TPSA) is 197 Å². The maximum Gasteiger partial charge on any atom is 0.232 e. The fourth-order valence-corrected chi connectivity index (χ4v) is 17.1. The van der Waals surface area contributed by atoms with Crippen molar-refractivity contribution in [3.05, 3.63) is 238 Å². The first kappa shape index (κ1) is 87.0. The van der Waals surface area contributed by atoms with E-state index in [1.54, 1.807) is 12.2 Å². The zero-order chi connectivity index (χ0) is 85.0. The van der Waals surface area contributed by atoms with E-state index in [9.17, 15) is 24.0 Å². The van der Waals surface area contributed by atoms with Gasteiger partial charge in [0.1, 0.15) is 17.2 Å². The molecule has 3 saturated heterocycles. The summed E-state index contributed by atoms with van der Waals surface area (Å²) in [5.74, 6) is 27.1. The molecule has 1 aliphatic carbocycles. The summed E-state index contributed by atoms with van der Waals surface area (Å²) >= 11 is 2.20. The van der Waals surface area contributed by atoms with E-state index >= 15 is 0 Å². The van der Waals surface area contributed by atoms with Gasteiger partial charge in [0.25, 0.3) is 0 Å². The minimum atomic E-state index is -0.263. The molecular formula is C102H109IN8O9. The third kappa shape index (κ3) is 19.9. The number of fused-ring (bicyclic) bond motifs is 7. The summed E-state index contributed by atoms with van der Waals surface area (Å²) in [6.07, 6.45) is 24.1. The zero-order valence-corrected chi connectivity index (χ0v) is 73.6. The van der Waals surface area contributed by atoms with Gasteiger partial charge >= 0.3 is 0 Å². The van der Waals surface area contributed by atoms with Crippen LogP contribution in [0.25, 0.3) is 10.9 Å². The lowest BCUT2D eigenvalue weighted by Gasteiger charge is -2.37.